The molecule has 0 aliphatic carbocycles. The summed E-state index contributed by atoms with van der Waals surface area (Å²) < 4.78 is 5.22. The van der Waals surface area contributed by atoms with Gasteiger partial charge in [-0.15, -0.1) is 0 Å². The van der Waals surface area contributed by atoms with E-state index in [0.717, 1.165) is 0 Å². The topological polar surface area (TPSA) is 90.1 Å². The van der Waals surface area contributed by atoms with Gasteiger partial charge in [0, 0.05) is 6.07 Å². The predicted octanol–water partition coefficient (Wildman–Crippen LogP) is 2.36. The molecule has 2 aromatic heterocycles. The van der Waals surface area contributed by atoms with Gasteiger partial charge in [-0.25, -0.2) is 9.97 Å². The van der Waals surface area contributed by atoms with E-state index < -0.39 is 0 Å². The molecule has 0 fully saturated rings. The molecule has 0 atom stereocenters. The molecule has 2 heterocycles. The maximum absolute atomic E-state index is 12.1. The molecule has 0 aliphatic rings. The van der Waals surface area contributed by atoms with Gasteiger partial charge < -0.3 is 15.8 Å². The summed E-state index contributed by atoms with van der Waals surface area (Å²) in [5, 5.41) is 2.88. The summed E-state index contributed by atoms with van der Waals surface area (Å²) in [6.45, 7) is 2.40. The minimum atomic E-state index is -0.377. The summed E-state index contributed by atoms with van der Waals surface area (Å²) in [5.41, 5.74) is 6.74. The highest BCUT2D eigenvalue weighted by atomic mass is 35.5. The van der Waals surface area contributed by atoms with Crippen LogP contribution in [0.15, 0.2) is 30.6 Å². The first kappa shape index (κ1) is 14.1. The second-order valence-electron chi connectivity index (χ2n) is 3.87. The van der Waals surface area contributed by atoms with Crippen LogP contribution in [-0.2, 0) is 0 Å². The van der Waals surface area contributed by atoms with Crippen molar-refractivity contribution < 1.29 is 9.53 Å². The molecule has 0 saturated heterocycles. The maximum atomic E-state index is 12.1. The first-order chi connectivity index (χ1) is 9.60. The second kappa shape index (κ2) is 6.21. The van der Waals surface area contributed by atoms with Crippen molar-refractivity contribution >= 4 is 28.9 Å². The Balaban J connectivity index is 2.13. The number of rotatable bonds is 4. The largest absolute Gasteiger partial charge is 0.478 e. The Labute approximate surface area is 120 Å². The third-order valence-electron chi connectivity index (χ3n) is 2.43. The minimum Gasteiger partial charge on any atom is -0.478 e. The smallest absolute Gasteiger partial charge is 0.257 e. The zero-order valence-electron chi connectivity index (χ0n) is 10.8. The third-order valence-corrected chi connectivity index (χ3v) is 2.64. The molecular weight excluding hydrogens is 280 g/mol. The molecule has 1 amide bonds. The molecule has 104 valence electrons. The lowest BCUT2D eigenvalue weighted by Crippen LogP contribution is -2.14. The number of halogens is 1. The van der Waals surface area contributed by atoms with Crippen LogP contribution in [0.5, 0.6) is 5.88 Å². The molecular formula is C13H13ClN4O2. The number of pyridine rings is 2. The van der Waals surface area contributed by atoms with Gasteiger partial charge in [-0.1, -0.05) is 11.6 Å². The average molecular weight is 293 g/mol. The number of hydrogen-bond donors (Lipinski definition) is 2. The highest BCUT2D eigenvalue weighted by molar-refractivity contribution is 6.30. The Bertz CT molecular complexity index is 616. The van der Waals surface area contributed by atoms with Gasteiger partial charge >= 0.3 is 0 Å². The zero-order chi connectivity index (χ0) is 14.5. The van der Waals surface area contributed by atoms with E-state index in [-0.39, 0.29) is 22.3 Å². The number of carbonyl (C=O) groups is 1. The fourth-order valence-electron chi connectivity index (χ4n) is 1.52. The van der Waals surface area contributed by atoms with Crippen LogP contribution in [0, 0.1) is 0 Å². The van der Waals surface area contributed by atoms with Gasteiger partial charge in [-0.3, -0.25) is 4.79 Å². The van der Waals surface area contributed by atoms with Crippen molar-refractivity contribution in [3.8, 4) is 5.88 Å². The molecule has 20 heavy (non-hydrogen) atoms. The molecule has 0 aliphatic heterocycles. The fourth-order valence-corrected chi connectivity index (χ4v) is 1.68. The van der Waals surface area contributed by atoms with Crippen molar-refractivity contribution in [1.82, 2.24) is 9.97 Å². The van der Waals surface area contributed by atoms with E-state index in [1.165, 1.54) is 18.5 Å². The number of nitrogens with one attached hydrogen (secondary N) is 1. The second-order valence-corrected chi connectivity index (χ2v) is 4.25. The lowest BCUT2D eigenvalue weighted by molar-refractivity contribution is 0.102. The molecule has 0 saturated carbocycles. The average Bonchev–Trinajstić information content (AvgIpc) is 2.44. The summed E-state index contributed by atoms with van der Waals surface area (Å²) in [6, 6.07) is 4.77. The van der Waals surface area contributed by atoms with Gasteiger partial charge in [0.25, 0.3) is 5.91 Å². The van der Waals surface area contributed by atoms with Crippen LogP contribution in [0.2, 0.25) is 5.15 Å². The highest BCUT2D eigenvalue weighted by Gasteiger charge is 2.11. The molecule has 2 rings (SSSR count). The first-order valence-corrected chi connectivity index (χ1v) is 6.29. The van der Waals surface area contributed by atoms with Crippen LogP contribution >= 0.6 is 11.6 Å². The van der Waals surface area contributed by atoms with Gasteiger partial charge in [0.05, 0.1) is 35.9 Å². The van der Waals surface area contributed by atoms with Crippen LogP contribution in [0.3, 0.4) is 0 Å². The minimum absolute atomic E-state index is 0.203. The van der Waals surface area contributed by atoms with E-state index >= 15 is 0 Å². The lowest BCUT2D eigenvalue weighted by atomic mass is 10.2. The summed E-state index contributed by atoms with van der Waals surface area (Å²) in [5.74, 6) is 0.120. The van der Waals surface area contributed by atoms with Crippen LogP contribution in [0.25, 0.3) is 0 Å². The number of hydrogen-bond acceptors (Lipinski definition) is 5. The van der Waals surface area contributed by atoms with Gasteiger partial charge in [0.1, 0.15) is 5.15 Å². The van der Waals surface area contributed by atoms with Crippen molar-refractivity contribution in [2.24, 2.45) is 0 Å². The van der Waals surface area contributed by atoms with Crippen LogP contribution in [-0.4, -0.2) is 22.5 Å². The molecule has 0 unspecified atom stereocenters. The molecule has 3 N–H and O–H groups in total. The summed E-state index contributed by atoms with van der Waals surface area (Å²) in [4.78, 5) is 19.9. The van der Waals surface area contributed by atoms with Crippen LogP contribution in [0.4, 0.5) is 11.4 Å². The van der Waals surface area contributed by atoms with Crippen molar-refractivity contribution in [3.63, 3.8) is 0 Å². The van der Waals surface area contributed by atoms with E-state index in [1.54, 1.807) is 12.1 Å². The quantitative estimate of drug-likeness (QED) is 0.844. The number of ether oxygens (including phenoxy) is 1. The Morgan fingerprint density at radius 1 is 1.40 bits per heavy atom. The van der Waals surface area contributed by atoms with Crippen LogP contribution < -0.4 is 15.8 Å². The molecule has 0 bridgehead atoms. The van der Waals surface area contributed by atoms with Crippen molar-refractivity contribution in [2.45, 2.75) is 6.92 Å². The Hall–Kier alpha value is -2.34. The Kier molecular flexibility index (Phi) is 4.37. The molecule has 6 nitrogen and oxygen atoms in total. The SMILES string of the molecule is CCOc1ccc(NC(=O)c2cc(Cl)ncc2N)cn1. The number of amides is 1. The van der Waals surface area contributed by atoms with Crippen LogP contribution in [0.1, 0.15) is 17.3 Å². The van der Waals surface area contributed by atoms with E-state index in [2.05, 4.69) is 15.3 Å². The molecule has 0 radical (unpaired) electrons. The number of nitrogen functional groups attached to an aromatic ring is 1. The highest BCUT2D eigenvalue weighted by Crippen LogP contribution is 2.18. The zero-order valence-corrected chi connectivity index (χ0v) is 11.5. The predicted molar refractivity (Wildman–Crippen MR) is 77.0 cm³/mol. The number of nitrogens with two attached hydrogens (primary N) is 1. The van der Waals surface area contributed by atoms with E-state index in [9.17, 15) is 4.79 Å². The summed E-state index contributed by atoms with van der Waals surface area (Å²) >= 11 is 5.74. The maximum Gasteiger partial charge on any atom is 0.257 e. The fraction of sp³-hybridized carbons (Fsp3) is 0.154. The van der Waals surface area contributed by atoms with Gasteiger partial charge in [0.2, 0.25) is 5.88 Å². The molecule has 0 aromatic carbocycles. The van der Waals surface area contributed by atoms with E-state index in [4.69, 9.17) is 22.1 Å². The monoisotopic (exact) mass is 292 g/mol. The first-order valence-electron chi connectivity index (χ1n) is 5.91. The van der Waals surface area contributed by atoms with Gasteiger partial charge in [0.15, 0.2) is 0 Å². The normalized spacial score (nSPS) is 10.1. The summed E-state index contributed by atoms with van der Waals surface area (Å²) in [7, 11) is 0. The Morgan fingerprint density at radius 3 is 2.85 bits per heavy atom. The number of anilines is 2. The van der Waals surface area contributed by atoms with Gasteiger partial charge in [-0.2, -0.15) is 0 Å². The van der Waals surface area contributed by atoms with E-state index in [1.807, 2.05) is 6.92 Å². The van der Waals surface area contributed by atoms with Crippen molar-refractivity contribution in [1.29, 1.82) is 0 Å². The number of nitrogens with zero attached hydrogens (tertiary/aromatic N) is 2. The molecule has 2 aromatic rings. The standard InChI is InChI=1S/C13H13ClN4O2/c1-2-20-12-4-3-8(6-17-12)18-13(19)9-5-11(14)16-7-10(9)15/h3-7H,2,15H2,1H3,(H,18,19). The Morgan fingerprint density at radius 2 is 2.20 bits per heavy atom. The third kappa shape index (κ3) is 3.36. The van der Waals surface area contributed by atoms with Crippen molar-refractivity contribution in [2.75, 3.05) is 17.7 Å². The van der Waals surface area contributed by atoms with Crippen molar-refractivity contribution in [3.05, 3.63) is 41.3 Å². The van der Waals surface area contributed by atoms with E-state index in [0.29, 0.717) is 18.2 Å². The summed E-state index contributed by atoms with van der Waals surface area (Å²) in [6.07, 6.45) is 2.84. The lowest BCUT2D eigenvalue weighted by Gasteiger charge is -2.08. The molecule has 7 heteroatoms. The van der Waals surface area contributed by atoms with Gasteiger partial charge in [-0.05, 0) is 19.1 Å². The number of aromatic nitrogens is 2. The molecule has 0 spiro atoms. The number of carbonyl (C=O) groups excluding carboxylic acids is 1.